The molecule has 106 valence electrons. The van der Waals surface area contributed by atoms with Gasteiger partial charge in [0.2, 0.25) is 0 Å². The largest absolute Gasteiger partial charge is 0.481 e. The summed E-state index contributed by atoms with van der Waals surface area (Å²) in [6.07, 6.45) is 4.47. The lowest BCUT2D eigenvalue weighted by atomic mass is 9.83. The van der Waals surface area contributed by atoms with Crippen molar-refractivity contribution in [3.63, 3.8) is 0 Å². The number of aromatic nitrogens is 2. The van der Waals surface area contributed by atoms with Gasteiger partial charge >= 0.3 is 5.97 Å². The van der Waals surface area contributed by atoms with Gasteiger partial charge in [0.15, 0.2) is 0 Å². The molecule has 0 amide bonds. The van der Waals surface area contributed by atoms with E-state index in [2.05, 4.69) is 16.9 Å². The van der Waals surface area contributed by atoms with Crippen LogP contribution in [-0.2, 0) is 18.4 Å². The Hall–Kier alpha value is -1.36. The van der Waals surface area contributed by atoms with Crippen molar-refractivity contribution in [2.75, 3.05) is 13.1 Å². The van der Waals surface area contributed by atoms with Crippen molar-refractivity contribution in [2.45, 2.75) is 39.7 Å². The molecule has 0 bridgehead atoms. The first kappa shape index (κ1) is 14.1. The quantitative estimate of drug-likeness (QED) is 0.882. The number of aliphatic carboxylic acids is 1. The molecule has 0 aromatic carbocycles. The highest BCUT2D eigenvalue weighted by Gasteiger charge is 2.43. The van der Waals surface area contributed by atoms with Crippen LogP contribution >= 0.6 is 0 Å². The Balaban J connectivity index is 2.05. The van der Waals surface area contributed by atoms with Crippen LogP contribution in [-0.4, -0.2) is 38.8 Å². The van der Waals surface area contributed by atoms with Crippen molar-refractivity contribution in [3.05, 3.63) is 17.5 Å². The molecular formula is C14H23N3O2. The molecule has 0 spiro atoms. The maximum Gasteiger partial charge on any atom is 0.310 e. The normalized spacial score (nSPS) is 23.9. The molecule has 0 radical (unpaired) electrons. The van der Waals surface area contributed by atoms with Crippen LogP contribution in [0.3, 0.4) is 0 Å². The van der Waals surface area contributed by atoms with Gasteiger partial charge in [-0.25, -0.2) is 0 Å². The van der Waals surface area contributed by atoms with Gasteiger partial charge in [0, 0.05) is 31.9 Å². The summed E-state index contributed by atoms with van der Waals surface area (Å²) in [6.45, 7) is 6.38. The van der Waals surface area contributed by atoms with Gasteiger partial charge in [0.05, 0.1) is 11.1 Å². The first-order valence-corrected chi connectivity index (χ1v) is 6.92. The van der Waals surface area contributed by atoms with Gasteiger partial charge in [0.1, 0.15) is 0 Å². The molecule has 2 heterocycles. The molecule has 1 unspecified atom stereocenters. The Kier molecular flexibility index (Phi) is 3.94. The van der Waals surface area contributed by atoms with Crippen molar-refractivity contribution in [3.8, 4) is 0 Å². The van der Waals surface area contributed by atoms with E-state index in [1.807, 2.05) is 24.9 Å². The highest BCUT2D eigenvalue weighted by molar-refractivity contribution is 5.75. The fourth-order valence-electron chi connectivity index (χ4n) is 3.10. The van der Waals surface area contributed by atoms with Crippen molar-refractivity contribution in [1.29, 1.82) is 0 Å². The minimum atomic E-state index is -0.639. The number of rotatable bonds is 5. The highest BCUT2D eigenvalue weighted by Crippen LogP contribution is 2.36. The van der Waals surface area contributed by atoms with Crippen LogP contribution in [0.15, 0.2) is 6.20 Å². The monoisotopic (exact) mass is 265 g/mol. The molecule has 1 atom stereocenters. The Morgan fingerprint density at radius 2 is 2.32 bits per heavy atom. The molecule has 1 aromatic rings. The number of carboxylic acids is 1. The van der Waals surface area contributed by atoms with Crippen molar-refractivity contribution >= 4 is 5.97 Å². The molecule has 1 aliphatic heterocycles. The zero-order chi connectivity index (χ0) is 14.0. The molecular weight excluding hydrogens is 242 g/mol. The van der Waals surface area contributed by atoms with Gasteiger partial charge in [0.25, 0.3) is 0 Å². The molecule has 19 heavy (non-hydrogen) atoms. The molecule has 1 saturated heterocycles. The summed E-state index contributed by atoms with van der Waals surface area (Å²) in [7, 11) is 1.92. The second kappa shape index (κ2) is 5.33. The average molecular weight is 265 g/mol. The number of hydrogen-bond donors (Lipinski definition) is 1. The lowest BCUT2D eigenvalue weighted by Gasteiger charge is -2.24. The molecule has 1 aliphatic rings. The van der Waals surface area contributed by atoms with Crippen LogP contribution in [0, 0.1) is 12.3 Å². The summed E-state index contributed by atoms with van der Waals surface area (Å²) in [6, 6.07) is 0. The second-order valence-electron chi connectivity index (χ2n) is 5.71. The topological polar surface area (TPSA) is 58.4 Å². The predicted molar refractivity (Wildman–Crippen MR) is 72.8 cm³/mol. The maximum absolute atomic E-state index is 11.5. The van der Waals surface area contributed by atoms with Crippen molar-refractivity contribution in [2.24, 2.45) is 12.5 Å². The predicted octanol–water partition coefficient (Wildman–Crippen LogP) is 1.81. The molecule has 0 aliphatic carbocycles. The summed E-state index contributed by atoms with van der Waals surface area (Å²) < 4.78 is 1.82. The second-order valence-corrected chi connectivity index (χ2v) is 5.71. The van der Waals surface area contributed by atoms with E-state index < -0.39 is 11.4 Å². The number of aryl methyl sites for hydroxylation is 2. The van der Waals surface area contributed by atoms with Gasteiger partial charge in [-0.15, -0.1) is 0 Å². The zero-order valence-electron chi connectivity index (χ0n) is 12.0. The van der Waals surface area contributed by atoms with Crippen molar-refractivity contribution in [1.82, 2.24) is 14.7 Å². The van der Waals surface area contributed by atoms with Crippen LogP contribution in [0.2, 0.25) is 0 Å². The Labute approximate surface area is 114 Å². The SMILES string of the molecule is CCCC1(C(=O)O)CCN(Cc2cn(C)nc2C)C1. The van der Waals surface area contributed by atoms with Crippen LogP contribution in [0.5, 0.6) is 0 Å². The Morgan fingerprint density at radius 3 is 2.84 bits per heavy atom. The lowest BCUT2D eigenvalue weighted by Crippen LogP contribution is -2.34. The minimum absolute atomic E-state index is 0.537. The van der Waals surface area contributed by atoms with E-state index in [0.29, 0.717) is 6.54 Å². The van der Waals surface area contributed by atoms with E-state index in [9.17, 15) is 9.90 Å². The van der Waals surface area contributed by atoms with E-state index in [0.717, 1.165) is 38.0 Å². The van der Waals surface area contributed by atoms with E-state index in [-0.39, 0.29) is 0 Å². The zero-order valence-corrected chi connectivity index (χ0v) is 12.0. The maximum atomic E-state index is 11.5. The summed E-state index contributed by atoms with van der Waals surface area (Å²) in [5, 5.41) is 13.8. The van der Waals surface area contributed by atoms with E-state index in [4.69, 9.17) is 0 Å². The molecule has 5 nitrogen and oxygen atoms in total. The molecule has 1 fully saturated rings. The van der Waals surface area contributed by atoms with E-state index in [1.165, 1.54) is 5.56 Å². The van der Waals surface area contributed by atoms with Gasteiger partial charge in [-0.1, -0.05) is 13.3 Å². The van der Waals surface area contributed by atoms with Gasteiger partial charge in [-0.3, -0.25) is 14.4 Å². The van der Waals surface area contributed by atoms with Gasteiger partial charge in [-0.05, 0) is 26.3 Å². The summed E-state index contributed by atoms with van der Waals surface area (Å²) in [4.78, 5) is 13.8. The molecule has 1 N–H and O–H groups in total. The standard InChI is InChI=1S/C14H23N3O2/c1-4-5-14(13(18)19)6-7-17(10-14)9-12-8-16(3)15-11(12)2/h8H,4-7,9-10H2,1-3H3,(H,18,19). The number of nitrogens with zero attached hydrogens (tertiary/aromatic N) is 3. The minimum Gasteiger partial charge on any atom is -0.481 e. The van der Waals surface area contributed by atoms with E-state index in [1.54, 1.807) is 0 Å². The smallest absolute Gasteiger partial charge is 0.310 e. The molecule has 2 rings (SSSR count). The highest BCUT2D eigenvalue weighted by atomic mass is 16.4. The molecule has 0 saturated carbocycles. The first-order chi connectivity index (χ1) is 8.97. The van der Waals surface area contributed by atoms with Crippen LogP contribution in [0.1, 0.15) is 37.4 Å². The lowest BCUT2D eigenvalue weighted by molar-refractivity contribution is -0.148. The molecule has 1 aromatic heterocycles. The Morgan fingerprint density at radius 1 is 1.58 bits per heavy atom. The summed E-state index contributed by atoms with van der Waals surface area (Å²) >= 11 is 0. The third-order valence-corrected chi connectivity index (χ3v) is 4.12. The van der Waals surface area contributed by atoms with Crippen molar-refractivity contribution < 1.29 is 9.90 Å². The summed E-state index contributed by atoms with van der Waals surface area (Å²) in [5.41, 5.74) is 1.69. The number of likely N-dealkylation sites (tertiary alicyclic amines) is 1. The fraction of sp³-hybridized carbons (Fsp3) is 0.714. The van der Waals surface area contributed by atoms with Gasteiger partial charge < -0.3 is 5.11 Å². The van der Waals surface area contributed by atoms with E-state index >= 15 is 0 Å². The van der Waals surface area contributed by atoms with Crippen LogP contribution < -0.4 is 0 Å². The van der Waals surface area contributed by atoms with Crippen LogP contribution in [0.25, 0.3) is 0 Å². The number of carboxylic acid groups (broad SMARTS) is 1. The van der Waals surface area contributed by atoms with Gasteiger partial charge in [-0.2, -0.15) is 5.10 Å². The summed E-state index contributed by atoms with van der Waals surface area (Å²) in [5.74, 6) is -0.639. The Bertz CT molecular complexity index is 469. The average Bonchev–Trinajstić information content (AvgIpc) is 2.86. The molecule has 5 heteroatoms. The first-order valence-electron chi connectivity index (χ1n) is 6.92. The third kappa shape index (κ3) is 2.81. The number of carbonyl (C=O) groups is 1. The fourth-order valence-corrected chi connectivity index (χ4v) is 3.10. The van der Waals surface area contributed by atoms with Crippen LogP contribution in [0.4, 0.5) is 0 Å². The number of hydrogen-bond acceptors (Lipinski definition) is 3. The third-order valence-electron chi connectivity index (χ3n) is 4.12.